The highest BCUT2D eigenvalue weighted by Gasteiger charge is 2.52. The molecule has 2 aliphatic carbocycles. The summed E-state index contributed by atoms with van der Waals surface area (Å²) in [6, 6.07) is 0.0655. The molecule has 4 nitrogen and oxygen atoms in total. The third kappa shape index (κ3) is 2.74. The van der Waals surface area contributed by atoms with Gasteiger partial charge in [-0.25, -0.2) is 4.79 Å². The van der Waals surface area contributed by atoms with Gasteiger partial charge >= 0.3 is 6.09 Å². The lowest BCUT2D eigenvalue weighted by Crippen LogP contribution is -2.42. The summed E-state index contributed by atoms with van der Waals surface area (Å²) in [5, 5.41) is 2.81. The first-order valence-electron chi connectivity index (χ1n) is 7.48. The van der Waals surface area contributed by atoms with E-state index >= 15 is 0 Å². The summed E-state index contributed by atoms with van der Waals surface area (Å²) in [6.07, 6.45) is 5.72. The zero-order valence-electron chi connectivity index (χ0n) is 12.8. The maximum atomic E-state index is 12.1. The van der Waals surface area contributed by atoms with Crippen LogP contribution in [0.15, 0.2) is 12.2 Å². The second-order valence-corrected chi connectivity index (χ2v) is 6.66. The van der Waals surface area contributed by atoms with Crippen LogP contribution in [-0.4, -0.2) is 24.5 Å². The van der Waals surface area contributed by atoms with Gasteiger partial charge in [0.05, 0.1) is 5.41 Å². The van der Waals surface area contributed by atoms with Crippen molar-refractivity contribution in [2.75, 3.05) is 6.61 Å². The van der Waals surface area contributed by atoms with Crippen molar-refractivity contribution in [3.8, 4) is 0 Å². The molecule has 0 heterocycles. The average molecular weight is 279 g/mol. The lowest BCUT2D eigenvalue weighted by molar-refractivity contribution is -0.130. The predicted molar refractivity (Wildman–Crippen MR) is 77.3 cm³/mol. The first-order chi connectivity index (χ1) is 9.35. The summed E-state index contributed by atoms with van der Waals surface area (Å²) in [5.41, 5.74) is -0.488. The van der Waals surface area contributed by atoms with Crippen LogP contribution in [0.3, 0.4) is 0 Å². The molecule has 0 radical (unpaired) electrons. The number of nitrogens with one attached hydrogen (secondary N) is 1. The molecule has 2 aliphatic rings. The van der Waals surface area contributed by atoms with Gasteiger partial charge in [0.1, 0.15) is 12.4 Å². The lowest BCUT2D eigenvalue weighted by atomic mass is 9.73. The number of hydrogen-bond donors (Lipinski definition) is 1. The Morgan fingerprint density at radius 2 is 2.05 bits per heavy atom. The predicted octanol–water partition coefficient (Wildman–Crippen LogP) is 2.93. The molecule has 0 aliphatic heterocycles. The first-order valence-corrected chi connectivity index (χ1v) is 7.48. The molecule has 2 rings (SSSR count). The molecule has 4 unspecified atom stereocenters. The molecule has 1 fully saturated rings. The fourth-order valence-electron chi connectivity index (χ4n) is 3.22. The molecule has 1 saturated carbocycles. The van der Waals surface area contributed by atoms with Crippen molar-refractivity contribution < 1.29 is 14.3 Å². The van der Waals surface area contributed by atoms with Gasteiger partial charge in [0.15, 0.2) is 0 Å². The summed E-state index contributed by atoms with van der Waals surface area (Å²) in [4.78, 5) is 23.9. The second kappa shape index (κ2) is 5.58. The monoisotopic (exact) mass is 279 g/mol. The quantitative estimate of drug-likeness (QED) is 0.787. The van der Waals surface area contributed by atoms with E-state index in [0.717, 1.165) is 12.8 Å². The van der Waals surface area contributed by atoms with Crippen molar-refractivity contribution in [1.29, 1.82) is 0 Å². The van der Waals surface area contributed by atoms with E-state index in [4.69, 9.17) is 4.74 Å². The normalized spacial score (nSPS) is 32.5. The van der Waals surface area contributed by atoms with Gasteiger partial charge in [-0.15, -0.1) is 0 Å². The van der Waals surface area contributed by atoms with Gasteiger partial charge in [-0.05, 0) is 44.4 Å². The van der Waals surface area contributed by atoms with Gasteiger partial charge in [0, 0.05) is 6.04 Å². The topological polar surface area (TPSA) is 55.4 Å². The van der Waals surface area contributed by atoms with E-state index in [1.54, 1.807) is 6.92 Å². The molecular formula is C16H25NO3. The number of ether oxygens (including phenoxy) is 1. The Balaban J connectivity index is 1.93. The summed E-state index contributed by atoms with van der Waals surface area (Å²) in [7, 11) is 0. The van der Waals surface area contributed by atoms with Crippen LogP contribution in [0.5, 0.6) is 0 Å². The van der Waals surface area contributed by atoms with E-state index in [1.165, 1.54) is 0 Å². The van der Waals surface area contributed by atoms with Crippen LogP contribution >= 0.6 is 0 Å². The zero-order valence-corrected chi connectivity index (χ0v) is 12.8. The van der Waals surface area contributed by atoms with E-state index < -0.39 is 11.5 Å². The summed E-state index contributed by atoms with van der Waals surface area (Å²) in [6.45, 7) is 7.86. The minimum atomic E-state index is -0.488. The Labute approximate surface area is 120 Å². The van der Waals surface area contributed by atoms with Crippen LogP contribution in [0.2, 0.25) is 0 Å². The molecule has 4 atom stereocenters. The summed E-state index contributed by atoms with van der Waals surface area (Å²) in [5.74, 6) is 1.21. The van der Waals surface area contributed by atoms with Gasteiger partial charge < -0.3 is 10.1 Å². The van der Waals surface area contributed by atoms with Crippen molar-refractivity contribution in [2.24, 2.45) is 23.2 Å². The number of amides is 1. The van der Waals surface area contributed by atoms with Crippen molar-refractivity contribution in [3.05, 3.63) is 12.2 Å². The van der Waals surface area contributed by atoms with Gasteiger partial charge in [0.25, 0.3) is 0 Å². The molecular weight excluding hydrogens is 254 g/mol. The number of alkyl carbamates (subject to hydrolysis) is 1. The van der Waals surface area contributed by atoms with Crippen LogP contribution in [0.25, 0.3) is 0 Å². The molecule has 0 spiro atoms. The first kappa shape index (κ1) is 15.1. The van der Waals surface area contributed by atoms with Gasteiger partial charge in [-0.2, -0.15) is 0 Å². The minimum absolute atomic E-state index is 0.0655. The Morgan fingerprint density at radius 1 is 1.35 bits per heavy atom. The fraction of sp³-hybridized carbons (Fsp3) is 0.750. The maximum Gasteiger partial charge on any atom is 0.407 e. The van der Waals surface area contributed by atoms with Gasteiger partial charge in [-0.3, -0.25) is 4.79 Å². The second-order valence-electron chi connectivity index (χ2n) is 6.66. The third-order valence-corrected chi connectivity index (χ3v) is 5.02. The van der Waals surface area contributed by atoms with E-state index in [2.05, 4.69) is 17.5 Å². The molecule has 0 aromatic carbocycles. The molecule has 0 aromatic heterocycles. The van der Waals surface area contributed by atoms with Crippen molar-refractivity contribution in [2.45, 2.75) is 46.6 Å². The highest BCUT2D eigenvalue weighted by Crippen LogP contribution is 2.52. The molecule has 20 heavy (non-hydrogen) atoms. The Kier molecular flexibility index (Phi) is 4.21. The summed E-state index contributed by atoms with van der Waals surface area (Å²) >= 11 is 0. The van der Waals surface area contributed by atoms with Gasteiger partial charge in [-0.1, -0.05) is 26.0 Å². The molecule has 0 saturated heterocycles. The fourth-order valence-corrected chi connectivity index (χ4v) is 3.22. The number of fused-ring (bicyclic) bond motifs is 2. The SMILES string of the molecule is CC(=O)C1(COC(=O)NC(C)C(C)C)CC2C=CC1C2. The largest absolute Gasteiger partial charge is 0.448 e. The number of hydrogen-bond acceptors (Lipinski definition) is 3. The highest BCUT2D eigenvalue weighted by molar-refractivity contribution is 5.84. The lowest BCUT2D eigenvalue weighted by Gasteiger charge is -2.32. The number of Topliss-reactive ketones (excluding diaryl/α,β-unsaturated/α-hetero) is 1. The third-order valence-electron chi connectivity index (χ3n) is 5.02. The Morgan fingerprint density at radius 3 is 2.50 bits per heavy atom. The highest BCUT2D eigenvalue weighted by atomic mass is 16.5. The maximum absolute atomic E-state index is 12.1. The summed E-state index contributed by atoms with van der Waals surface area (Å²) < 4.78 is 5.36. The molecule has 1 amide bonds. The van der Waals surface area contributed by atoms with Crippen LogP contribution in [0.4, 0.5) is 4.79 Å². The van der Waals surface area contributed by atoms with Crippen LogP contribution < -0.4 is 5.32 Å². The van der Waals surface area contributed by atoms with Crippen LogP contribution in [-0.2, 0) is 9.53 Å². The van der Waals surface area contributed by atoms with Gasteiger partial charge in [0.2, 0.25) is 0 Å². The van der Waals surface area contributed by atoms with E-state index in [0.29, 0.717) is 11.8 Å². The zero-order chi connectivity index (χ0) is 14.9. The minimum Gasteiger partial charge on any atom is -0.448 e. The Hall–Kier alpha value is -1.32. The van der Waals surface area contributed by atoms with E-state index in [-0.39, 0.29) is 24.3 Å². The van der Waals surface area contributed by atoms with Crippen molar-refractivity contribution in [3.63, 3.8) is 0 Å². The molecule has 1 N–H and O–H groups in total. The van der Waals surface area contributed by atoms with Crippen LogP contribution in [0.1, 0.15) is 40.5 Å². The molecule has 112 valence electrons. The standard InChI is InChI=1S/C16H25NO3/c1-10(2)11(3)17-15(19)20-9-16(12(4)18)8-13-5-6-14(16)7-13/h5-6,10-11,13-14H,7-9H2,1-4H3,(H,17,19). The van der Waals surface area contributed by atoms with E-state index in [9.17, 15) is 9.59 Å². The molecule has 0 aromatic rings. The van der Waals surface area contributed by atoms with Crippen LogP contribution in [0, 0.1) is 23.2 Å². The number of allylic oxidation sites excluding steroid dienone is 2. The number of carbonyl (C=O) groups excluding carboxylic acids is 2. The van der Waals surface area contributed by atoms with E-state index in [1.807, 2.05) is 20.8 Å². The number of rotatable bonds is 5. The van der Waals surface area contributed by atoms with Crippen molar-refractivity contribution >= 4 is 11.9 Å². The number of carbonyl (C=O) groups is 2. The Bertz CT molecular complexity index is 429. The number of ketones is 1. The van der Waals surface area contributed by atoms with Crippen molar-refractivity contribution in [1.82, 2.24) is 5.32 Å². The smallest absolute Gasteiger partial charge is 0.407 e. The average Bonchev–Trinajstić information content (AvgIpc) is 2.96. The molecule has 4 heteroatoms. The molecule has 2 bridgehead atoms.